The van der Waals surface area contributed by atoms with E-state index in [1.165, 1.54) is 44.2 Å². The first kappa shape index (κ1) is 22.7. The van der Waals surface area contributed by atoms with Gasteiger partial charge in [0.05, 0.1) is 16.6 Å². The molecule has 0 spiro atoms. The minimum absolute atomic E-state index is 0.868. The molecule has 0 saturated carbocycles. The maximum Gasteiger partial charge on any atom is 0.228 e. The minimum atomic E-state index is 0.868. The Labute approximate surface area is 236 Å². The smallest absolute Gasteiger partial charge is 0.228 e. The Hall–Kier alpha value is -5.09. The molecule has 0 amide bonds. The monoisotopic (exact) mass is 531 g/mol. The molecule has 0 aliphatic carbocycles. The summed E-state index contributed by atoms with van der Waals surface area (Å²) < 4.78 is 18.0. The fourth-order valence-corrected chi connectivity index (χ4v) is 7.05. The number of rotatable bonds is 1. The average Bonchev–Trinajstić information content (AvgIpc) is 3.52. The van der Waals surface area contributed by atoms with Crippen LogP contribution < -0.4 is 9.30 Å². The van der Waals surface area contributed by atoms with Crippen LogP contribution >= 0.6 is 0 Å². The van der Waals surface area contributed by atoms with Gasteiger partial charge in [0.15, 0.2) is 6.20 Å². The second-order valence-electron chi connectivity index (χ2n) is 11.4. The Morgan fingerprint density at radius 3 is 2.17 bits per heavy atom. The zero-order chi connectivity index (χ0) is 27.6. The van der Waals surface area contributed by atoms with Gasteiger partial charge in [0, 0.05) is 44.8 Å². The molecule has 0 unspecified atom stereocenters. The van der Waals surface area contributed by atoms with Crippen molar-refractivity contribution in [2.45, 2.75) is 20.8 Å². The molecule has 1 aliphatic rings. The zero-order valence-corrected chi connectivity index (χ0v) is 23.4. The van der Waals surface area contributed by atoms with E-state index in [2.05, 4.69) is 128 Å². The summed E-state index contributed by atoms with van der Waals surface area (Å²) in [7, 11) is 2.12. The largest absolute Gasteiger partial charge is 0.455 e. The molecule has 0 fully saturated rings. The van der Waals surface area contributed by atoms with Crippen LogP contribution in [0, 0.1) is 20.8 Å². The molecular formula is C37H27N2O2+. The molecule has 5 aromatic carbocycles. The number of hydrogen-bond acceptors (Lipinski definition) is 2. The van der Waals surface area contributed by atoms with E-state index in [0.29, 0.717) is 0 Å². The number of furan rings is 1. The number of hydrogen-bond donors (Lipinski definition) is 0. The van der Waals surface area contributed by atoms with Gasteiger partial charge in [0.25, 0.3) is 0 Å². The predicted molar refractivity (Wildman–Crippen MR) is 166 cm³/mol. The Morgan fingerprint density at radius 2 is 1.41 bits per heavy atom. The number of pyridine rings is 1. The van der Waals surface area contributed by atoms with Gasteiger partial charge in [-0.25, -0.2) is 4.57 Å². The molecule has 4 heteroatoms. The lowest BCUT2D eigenvalue weighted by Gasteiger charge is -2.23. The lowest BCUT2D eigenvalue weighted by Crippen LogP contribution is -2.32. The molecule has 8 aromatic rings. The van der Waals surface area contributed by atoms with Crippen LogP contribution in [-0.2, 0) is 7.05 Å². The third-order valence-electron chi connectivity index (χ3n) is 9.07. The summed E-state index contributed by atoms with van der Waals surface area (Å²) in [6, 6.07) is 30.3. The summed E-state index contributed by atoms with van der Waals surface area (Å²) in [4.78, 5) is 0. The first-order valence-electron chi connectivity index (χ1n) is 14.1. The van der Waals surface area contributed by atoms with Gasteiger partial charge in [0.2, 0.25) is 5.69 Å². The van der Waals surface area contributed by atoms with Crippen LogP contribution in [0.15, 0.2) is 95.5 Å². The first-order chi connectivity index (χ1) is 20.0. The van der Waals surface area contributed by atoms with Crippen molar-refractivity contribution in [2.75, 3.05) is 0 Å². The van der Waals surface area contributed by atoms with Gasteiger partial charge >= 0.3 is 0 Å². The highest BCUT2D eigenvalue weighted by Crippen LogP contribution is 2.51. The lowest BCUT2D eigenvalue weighted by molar-refractivity contribution is -0.659. The summed E-state index contributed by atoms with van der Waals surface area (Å²) in [6.45, 7) is 6.50. The van der Waals surface area contributed by atoms with Crippen LogP contribution in [0.2, 0.25) is 0 Å². The summed E-state index contributed by atoms with van der Waals surface area (Å²) in [5.74, 6) is 1.83. The SMILES string of the molecule is Cc1cc(C)c2c(c1C)-c1c3c(cc4c5ccc(-n6c7ccccc7c7ccccc76)cc5oc4c3cc[n+]1C)O2. The molecule has 0 atom stereocenters. The van der Waals surface area contributed by atoms with Crippen LogP contribution in [0.4, 0.5) is 0 Å². The zero-order valence-electron chi connectivity index (χ0n) is 23.4. The van der Waals surface area contributed by atoms with E-state index in [1.54, 1.807) is 0 Å². The third kappa shape index (κ3) is 2.86. The van der Waals surface area contributed by atoms with Crippen molar-refractivity contribution >= 4 is 54.5 Å². The van der Waals surface area contributed by atoms with Crippen molar-refractivity contribution in [3.05, 3.63) is 108 Å². The number of nitrogens with zero attached hydrogens (tertiary/aromatic N) is 2. The third-order valence-corrected chi connectivity index (χ3v) is 9.07. The first-order valence-corrected chi connectivity index (χ1v) is 14.1. The van der Waals surface area contributed by atoms with E-state index in [1.807, 2.05) is 0 Å². The van der Waals surface area contributed by atoms with Gasteiger partial charge < -0.3 is 13.7 Å². The van der Waals surface area contributed by atoms with Crippen LogP contribution in [0.5, 0.6) is 11.5 Å². The Bertz CT molecular complexity index is 2390. The molecular weight excluding hydrogens is 504 g/mol. The molecule has 0 bridgehead atoms. The molecule has 9 rings (SSSR count). The minimum Gasteiger partial charge on any atom is -0.455 e. The van der Waals surface area contributed by atoms with E-state index in [9.17, 15) is 0 Å². The summed E-state index contributed by atoms with van der Waals surface area (Å²) in [5.41, 5.74) is 11.2. The topological polar surface area (TPSA) is 31.2 Å². The van der Waals surface area contributed by atoms with Crippen molar-refractivity contribution in [3.8, 4) is 28.4 Å². The molecule has 0 radical (unpaired) electrons. The highest BCUT2D eigenvalue weighted by Gasteiger charge is 2.32. The number of aryl methyl sites for hydroxylation is 3. The van der Waals surface area contributed by atoms with Gasteiger partial charge in [-0.2, -0.15) is 0 Å². The van der Waals surface area contributed by atoms with Gasteiger partial charge in [-0.05, 0) is 67.8 Å². The van der Waals surface area contributed by atoms with E-state index in [-0.39, 0.29) is 0 Å². The second-order valence-corrected chi connectivity index (χ2v) is 11.4. The van der Waals surface area contributed by atoms with E-state index in [0.717, 1.165) is 55.5 Å². The molecule has 0 N–H and O–H groups in total. The fraction of sp³-hybridized carbons (Fsp3) is 0.108. The van der Waals surface area contributed by atoms with Gasteiger partial charge in [-0.15, -0.1) is 0 Å². The second kappa shape index (κ2) is 7.76. The average molecular weight is 532 g/mol. The van der Waals surface area contributed by atoms with Crippen LogP contribution in [0.25, 0.3) is 71.5 Å². The van der Waals surface area contributed by atoms with Gasteiger partial charge in [-0.3, -0.25) is 0 Å². The standard InChI is InChI=1S/C37H27N2O2/c1-20-17-21(2)36-33(22(20)3)35-34-27(15-16-38(35)4)37-28(19-32(34)41-36)26-14-13-23(18-31(26)40-37)39-29-11-7-5-9-24(29)25-10-6-8-12-30(25)39/h5-19H,1-4H3/q+1. The van der Waals surface area contributed by atoms with Crippen molar-refractivity contribution < 1.29 is 13.7 Å². The number of ether oxygens (including phenoxy) is 1. The van der Waals surface area contributed by atoms with Crippen molar-refractivity contribution in [3.63, 3.8) is 0 Å². The van der Waals surface area contributed by atoms with Crippen LogP contribution in [0.3, 0.4) is 0 Å². The maximum atomic E-state index is 6.73. The Kier molecular flexibility index (Phi) is 4.30. The van der Waals surface area contributed by atoms with Crippen molar-refractivity contribution in [1.29, 1.82) is 0 Å². The molecule has 196 valence electrons. The molecule has 41 heavy (non-hydrogen) atoms. The summed E-state index contributed by atoms with van der Waals surface area (Å²) in [6.07, 6.45) is 2.14. The van der Waals surface area contributed by atoms with Crippen molar-refractivity contribution in [1.82, 2.24) is 4.57 Å². The summed E-state index contributed by atoms with van der Waals surface area (Å²) >= 11 is 0. The predicted octanol–water partition coefficient (Wildman–Crippen LogP) is 9.36. The van der Waals surface area contributed by atoms with Crippen LogP contribution in [0.1, 0.15) is 16.7 Å². The quantitative estimate of drug-likeness (QED) is 0.198. The Morgan fingerprint density at radius 1 is 0.683 bits per heavy atom. The number of benzene rings is 5. The molecule has 3 aromatic heterocycles. The molecule has 4 heterocycles. The van der Waals surface area contributed by atoms with Gasteiger partial charge in [-0.1, -0.05) is 42.5 Å². The highest BCUT2D eigenvalue weighted by molar-refractivity contribution is 6.20. The van der Waals surface area contributed by atoms with E-state index >= 15 is 0 Å². The van der Waals surface area contributed by atoms with Crippen molar-refractivity contribution in [2.24, 2.45) is 7.05 Å². The van der Waals surface area contributed by atoms with E-state index < -0.39 is 0 Å². The van der Waals surface area contributed by atoms with E-state index in [4.69, 9.17) is 9.15 Å². The molecule has 1 aliphatic heterocycles. The molecule has 0 saturated heterocycles. The fourth-order valence-electron chi connectivity index (χ4n) is 7.05. The normalized spacial score (nSPS) is 12.6. The number of aromatic nitrogens is 2. The summed E-state index contributed by atoms with van der Waals surface area (Å²) in [5, 5.41) is 6.83. The maximum absolute atomic E-state index is 6.73. The number of para-hydroxylation sites is 2. The molecule has 4 nitrogen and oxygen atoms in total. The lowest BCUT2D eigenvalue weighted by atomic mass is 9.90. The van der Waals surface area contributed by atoms with Gasteiger partial charge in [0.1, 0.15) is 35.1 Å². The number of fused-ring (bicyclic) bond motifs is 9. The Balaban J connectivity index is 1.35. The van der Waals surface area contributed by atoms with Crippen LogP contribution in [-0.4, -0.2) is 4.57 Å². The highest BCUT2D eigenvalue weighted by atomic mass is 16.5.